The van der Waals surface area contributed by atoms with Crippen LogP contribution in [0.1, 0.15) is 25.5 Å². The van der Waals surface area contributed by atoms with Crippen LogP contribution in [-0.2, 0) is 14.3 Å². The number of nitrogens with one attached hydrogen (secondary N) is 2. The van der Waals surface area contributed by atoms with E-state index in [4.69, 9.17) is 21.1 Å². The second-order valence-electron chi connectivity index (χ2n) is 5.79. The molecular weight excluding hydrogens is 384 g/mol. The number of benzene rings is 2. The molecule has 0 heterocycles. The molecule has 0 radical (unpaired) electrons. The Morgan fingerprint density at radius 3 is 2.29 bits per heavy atom. The molecule has 8 heteroatoms. The van der Waals surface area contributed by atoms with E-state index in [9.17, 15) is 14.4 Å². The van der Waals surface area contributed by atoms with E-state index in [1.165, 1.54) is 6.92 Å². The Hall–Kier alpha value is -3.06. The zero-order valence-corrected chi connectivity index (χ0v) is 16.2. The molecule has 0 aliphatic rings. The maximum absolute atomic E-state index is 12.5. The highest BCUT2D eigenvalue weighted by Crippen LogP contribution is 2.21. The molecule has 0 saturated heterocycles. The van der Waals surface area contributed by atoms with E-state index in [1.807, 2.05) is 0 Å². The first kappa shape index (κ1) is 21.2. The van der Waals surface area contributed by atoms with Crippen molar-refractivity contribution in [1.82, 2.24) is 10.6 Å². The Morgan fingerprint density at radius 2 is 1.68 bits per heavy atom. The van der Waals surface area contributed by atoms with Gasteiger partial charge in [0.25, 0.3) is 5.91 Å². The molecule has 0 spiro atoms. The number of rotatable bonds is 7. The fourth-order valence-corrected chi connectivity index (χ4v) is 2.39. The molecule has 2 rings (SSSR count). The Labute approximate surface area is 168 Å². The minimum Gasteiger partial charge on any atom is -0.479 e. The molecule has 3 amide bonds. The zero-order chi connectivity index (χ0) is 20.5. The lowest BCUT2D eigenvalue weighted by Crippen LogP contribution is -2.43. The summed E-state index contributed by atoms with van der Waals surface area (Å²) in [5.74, 6) is -1.09. The van der Waals surface area contributed by atoms with E-state index < -0.39 is 30.1 Å². The van der Waals surface area contributed by atoms with E-state index >= 15 is 0 Å². The van der Waals surface area contributed by atoms with Gasteiger partial charge in [-0.2, -0.15) is 0 Å². The second-order valence-corrected chi connectivity index (χ2v) is 6.23. The molecule has 2 N–H and O–H groups in total. The van der Waals surface area contributed by atoms with Gasteiger partial charge in [-0.1, -0.05) is 41.9 Å². The lowest BCUT2D eigenvalue weighted by atomic mass is 10.1. The fourth-order valence-electron chi connectivity index (χ4n) is 2.26. The molecular formula is C20H21ClN2O5. The average molecular weight is 405 g/mol. The topological polar surface area (TPSA) is 93.7 Å². The molecule has 0 unspecified atom stereocenters. The van der Waals surface area contributed by atoms with Crippen molar-refractivity contribution < 1.29 is 23.9 Å². The standard InChI is InChI=1S/C20H21ClN2O5/c1-3-22-20(26)23-18(24)17(14-7-5-4-6-8-14)28-19(25)13(2)27-16-11-9-15(21)10-12-16/h4-13,17H,3H2,1-2H3,(H2,22,23,24,26)/t13-,17-/m0/s1. The molecule has 28 heavy (non-hydrogen) atoms. The molecule has 2 aromatic rings. The van der Waals surface area contributed by atoms with Crippen LogP contribution in [0, 0.1) is 0 Å². The summed E-state index contributed by atoms with van der Waals surface area (Å²) >= 11 is 5.82. The van der Waals surface area contributed by atoms with Crippen LogP contribution in [-0.4, -0.2) is 30.6 Å². The van der Waals surface area contributed by atoms with Crippen LogP contribution >= 0.6 is 11.6 Å². The van der Waals surface area contributed by atoms with Gasteiger partial charge in [-0.15, -0.1) is 0 Å². The third-order valence-corrected chi connectivity index (χ3v) is 3.86. The predicted octanol–water partition coefficient (Wildman–Crippen LogP) is 3.24. The third kappa shape index (κ3) is 6.28. The lowest BCUT2D eigenvalue weighted by Gasteiger charge is -2.20. The van der Waals surface area contributed by atoms with Gasteiger partial charge >= 0.3 is 12.0 Å². The van der Waals surface area contributed by atoms with E-state index in [0.717, 1.165) is 0 Å². The first-order chi connectivity index (χ1) is 13.4. The molecule has 148 valence electrons. The van der Waals surface area contributed by atoms with E-state index in [0.29, 0.717) is 22.9 Å². The molecule has 7 nitrogen and oxygen atoms in total. The minimum atomic E-state index is -1.30. The summed E-state index contributed by atoms with van der Waals surface area (Å²) in [5.41, 5.74) is 0.427. The summed E-state index contributed by atoms with van der Waals surface area (Å²) in [6.45, 7) is 3.57. The van der Waals surface area contributed by atoms with Gasteiger partial charge < -0.3 is 14.8 Å². The van der Waals surface area contributed by atoms with Gasteiger partial charge in [-0.05, 0) is 38.1 Å². The van der Waals surface area contributed by atoms with Crippen molar-refractivity contribution in [3.05, 3.63) is 65.2 Å². The fraction of sp³-hybridized carbons (Fsp3) is 0.250. The number of hydrogen-bond donors (Lipinski definition) is 2. The number of amides is 3. The molecule has 0 aromatic heterocycles. The highest BCUT2D eigenvalue weighted by Gasteiger charge is 2.29. The maximum Gasteiger partial charge on any atom is 0.348 e. The van der Waals surface area contributed by atoms with Gasteiger partial charge in [0.15, 0.2) is 6.10 Å². The van der Waals surface area contributed by atoms with E-state index in [-0.39, 0.29) is 0 Å². The van der Waals surface area contributed by atoms with Crippen LogP contribution in [0.4, 0.5) is 4.79 Å². The van der Waals surface area contributed by atoms with Crippen LogP contribution in [0.3, 0.4) is 0 Å². The van der Waals surface area contributed by atoms with Gasteiger partial charge in [0.1, 0.15) is 5.75 Å². The van der Waals surface area contributed by atoms with Crippen LogP contribution < -0.4 is 15.4 Å². The van der Waals surface area contributed by atoms with Gasteiger partial charge in [0, 0.05) is 17.1 Å². The molecule has 0 fully saturated rings. The highest BCUT2D eigenvalue weighted by atomic mass is 35.5. The van der Waals surface area contributed by atoms with Crippen molar-refractivity contribution in [3.8, 4) is 5.75 Å². The predicted molar refractivity (Wildman–Crippen MR) is 104 cm³/mol. The monoisotopic (exact) mass is 404 g/mol. The SMILES string of the molecule is CCNC(=O)NC(=O)[C@@H](OC(=O)[C@H](C)Oc1ccc(Cl)cc1)c1ccccc1. The first-order valence-electron chi connectivity index (χ1n) is 8.67. The van der Waals surface area contributed by atoms with Crippen LogP contribution in [0.5, 0.6) is 5.75 Å². The number of esters is 1. The average Bonchev–Trinajstić information content (AvgIpc) is 2.68. The Kier molecular flexibility index (Phi) is 7.83. The summed E-state index contributed by atoms with van der Waals surface area (Å²) in [4.78, 5) is 36.6. The number of carbonyl (C=O) groups is 3. The number of imide groups is 1. The molecule has 0 saturated carbocycles. The van der Waals surface area contributed by atoms with Crippen molar-refractivity contribution in [2.75, 3.05) is 6.54 Å². The Morgan fingerprint density at radius 1 is 1.04 bits per heavy atom. The maximum atomic E-state index is 12.5. The lowest BCUT2D eigenvalue weighted by molar-refractivity contribution is -0.162. The highest BCUT2D eigenvalue weighted by molar-refractivity contribution is 6.30. The summed E-state index contributed by atoms with van der Waals surface area (Å²) < 4.78 is 10.9. The van der Waals surface area contributed by atoms with Crippen molar-refractivity contribution in [2.24, 2.45) is 0 Å². The van der Waals surface area contributed by atoms with Crippen LogP contribution in [0.25, 0.3) is 0 Å². The first-order valence-corrected chi connectivity index (χ1v) is 9.05. The summed E-state index contributed by atoms with van der Waals surface area (Å²) in [7, 11) is 0. The van der Waals surface area contributed by atoms with Gasteiger partial charge in [0.05, 0.1) is 0 Å². The van der Waals surface area contributed by atoms with Crippen molar-refractivity contribution >= 4 is 29.5 Å². The molecule has 0 aliphatic carbocycles. The van der Waals surface area contributed by atoms with Crippen LogP contribution in [0.2, 0.25) is 5.02 Å². The van der Waals surface area contributed by atoms with E-state index in [1.54, 1.807) is 61.5 Å². The zero-order valence-electron chi connectivity index (χ0n) is 15.5. The summed E-state index contributed by atoms with van der Waals surface area (Å²) in [6.07, 6.45) is -2.28. The molecule has 2 aromatic carbocycles. The van der Waals surface area contributed by atoms with Gasteiger partial charge in [0.2, 0.25) is 6.10 Å². The largest absolute Gasteiger partial charge is 0.479 e. The van der Waals surface area contributed by atoms with Crippen molar-refractivity contribution in [1.29, 1.82) is 0 Å². The number of hydrogen-bond acceptors (Lipinski definition) is 5. The third-order valence-electron chi connectivity index (χ3n) is 3.61. The second kappa shape index (κ2) is 10.3. The summed E-state index contributed by atoms with van der Waals surface area (Å²) in [6, 6.07) is 14.2. The normalized spacial score (nSPS) is 12.4. The summed E-state index contributed by atoms with van der Waals surface area (Å²) in [5, 5.41) is 5.14. The van der Waals surface area contributed by atoms with Crippen molar-refractivity contribution in [2.45, 2.75) is 26.1 Å². The number of ether oxygens (including phenoxy) is 2. The Balaban J connectivity index is 2.10. The van der Waals surface area contributed by atoms with Crippen LogP contribution in [0.15, 0.2) is 54.6 Å². The van der Waals surface area contributed by atoms with Gasteiger partial charge in [-0.3, -0.25) is 10.1 Å². The van der Waals surface area contributed by atoms with Crippen molar-refractivity contribution in [3.63, 3.8) is 0 Å². The number of urea groups is 1. The quantitative estimate of drug-likeness (QED) is 0.691. The minimum absolute atomic E-state index is 0.348. The van der Waals surface area contributed by atoms with Gasteiger partial charge in [-0.25, -0.2) is 9.59 Å². The Bertz CT molecular complexity index is 811. The molecule has 2 atom stereocenters. The number of carbonyl (C=O) groups excluding carboxylic acids is 3. The smallest absolute Gasteiger partial charge is 0.348 e. The van der Waals surface area contributed by atoms with E-state index in [2.05, 4.69) is 10.6 Å². The molecule has 0 bridgehead atoms. The molecule has 0 aliphatic heterocycles. The number of halogens is 1.